The van der Waals surface area contributed by atoms with Gasteiger partial charge in [0, 0.05) is 27.2 Å². The van der Waals surface area contributed by atoms with Crippen LogP contribution in [0.4, 0.5) is 0 Å². The van der Waals surface area contributed by atoms with Crippen LogP contribution in [0.2, 0.25) is 0 Å². The monoisotopic (exact) mass is 359 g/mol. The molecule has 1 aromatic rings. The minimum Gasteiger partial charge on any atom is -0.316 e. The molecule has 9 heteroatoms. The van der Waals surface area contributed by atoms with Crippen molar-refractivity contribution in [1.82, 2.24) is 13.9 Å². The molecule has 0 saturated carbocycles. The van der Waals surface area contributed by atoms with Crippen molar-refractivity contribution in [2.75, 3.05) is 40.3 Å². The van der Waals surface area contributed by atoms with Crippen molar-refractivity contribution < 1.29 is 16.8 Å². The molecule has 3 rings (SSSR count). The number of nitrogens with zero attached hydrogens (tertiary/aromatic N) is 2. The van der Waals surface area contributed by atoms with Crippen LogP contribution in [0.15, 0.2) is 34.1 Å². The van der Waals surface area contributed by atoms with E-state index in [2.05, 4.69) is 5.32 Å². The molecule has 2 aliphatic rings. The smallest absolute Gasteiger partial charge is 0.243 e. The average molecular weight is 359 g/mol. The third kappa shape index (κ3) is 2.91. The Balaban J connectivity index is 1.92. The summed E-state index contributed by atoms with van der Waals surface area (Å²) in [5.74, 6) is 0.692. The minimum absolute atomic E-state index is 0.00960. The lowest BCUT2D eigenvalue weighted by Crippen LogP contribution is -2.32. The first-order chi connectivity index (χ1) is 10.7. The average Bonchev–Trinajstić information content (AvgIpc) is 3.08. The summed E-state index contributed by atoms with van der Waals surface area (Å²) in [6.45, 7) is 2.66. The van der Waals surface area contributed by atoms with Crippen molar-refractivity contribution in [3.8, 4) is 0 Å². The third-order valence-electron chi connectivity index (χ3n) is 4.58. The molecule has 0 aromatic heterocycles. The topological polar surface area (TPSA) is 86.8 Å². The van der Waals surface area contributed by atoms with Gasteiger partial charge in [0.25, 0.3) is 0 Å². The lowest BCUT2D eigenvalue weighted by atomic mass is 10.0. The highest BCUT2D eigenvalue weighted by molar-refractivity contribution is 7.90. The second kappa shape index (κ2) is 5.82. The fourth-order valence-electron chi connectivity index (χ4n) is 3.16. The molecule has 1 aromatic carbocycles. The van der Waals surface area contributed by atoms with Gasteiger partial charge in [0.15, 0.2) is 0 Å². The number of benzene rings is 1. The molecular formula is C14H21N3O4S2. The van der Waals surface area contributed by atoms with Crippen LogP contribution in [0.25, 0.3) is 0 Å². The van der Waals surface area contributed by atoms with Crippen LogP contribution in [-0.2, 0) is 20.0 Å². The van der Waals surface area contributed by atoms with Crippen molar-refractivity contribution >= 4 is 20.0 Å². The highest BCUT2D eigenvalue weighted by atomic mass is 32.2. The van der Waals surface area contributed by atoms with Gasteiger partial charge in [-0.3, -0.25) is 0 Å². The highest BCUT2D eigenvalue weighted by Gasteiger charge is 2.41. The van der Waals surface area contributed by atoms with Crippen molar-refractivity contribution in [1.29, 1.82) is 0 Å². The Morgan fingerprint density at radius 1 is 1.04 bits per heavy atom. The number of hydrogen-bond acceptors (Lipinski definition) is 5. The standard InChI is InChI=1S/C14H21N3O4S2/c1-16(2)22(18,19)13-4-3-5-14(6-13)23(20,21)17-9-11-7-15-8-12(11)10-17/h3-6,11-12,15H,7-10H2,1-2H3/t11-,12+. The Morgan fingerprint density at radius 2 is 1.61 bits per heavy atom. The lowest BCUT2D eigenvalue weighted by Gasteiger charge is -2.18. The number of nitrogens with one attached hydrogen (secondary N) is 1. The maximum Gasteiger partial charge on any atom is 0.243 e. The highest BCUT2D eigenvalue weighted by Crippen LogP contribution is 2.31. The molecule has 7 nitrogen and oxygen atoms in total. The predicted octanol–water partition coefficient (Wildman–Crippen LogP) is -0.223. The Bertz CT molecular complexity index is 793. The fraction of sp³-hybridized carbons (Fsp3) is 0.571. The van der Waals surface area contributed by atoms with E-state index >= 15 is 0 Å². The second-order valence-electron chi connectivity index (χ2n) is 6.26. The zero-order valence-corrected chi connectivity index (χ0v) is 14.8. The summed E-state index contributed by atoms with van der Waals surface area (Å²) in [6, 6.07) is 5.59. The van der Waals surface area contributed by atoms with Gasteiger partial charge in [0.1, 0.15) is 0 Å². The van der Waals surface area contributed by atoms with E-state index in [9.17, 15) is 16.8 Å². The predicted molar refractivity (Wildman–Crippen MR) is 85.9 cm³/mol. The number of sulfonamides is 2. The van der Waals surface area contributed by atoms with Crippen molar-refractivity contribution in [3.63, 3.8) is 0 Å². The van der Waals surface area contributed by atoms with Gasteiger partial charge >= 0.3 is 0 Å². The van der Waals surface area contributed by atoms with Gasteiger partial charge in [-0.05, 0) is 43.1 Å². The molecular weight excluding hydrogens is 338 g/mol. The van der Waals surface area contributed by atoms with E-state index in [1.54, 1.807) is 0 Å². The summed E-state index contributed by atoms with van der Waals surface area (Å²) < 4.78 is 52.6. The Kier molecular flexibility index (Phi) is 4.26. The Labute approximate surface area is 137 Å². The number of fused-ring (bicyclic) bond motifs is 1. The van der Waals surface area contributed by atoms with Crippen molar-refractivity contribution in [2.24, 2.45) is 11.8 Å². The SMILES string of the molecule is CN(C)S(=O)(=O)c1cccc(S(=O)(=O)N2C[C@H]3CNC[C@H]3C2)c1. The molecule has 0 unspecified atom stereocenters. The fourth-order valence-corrected chi connectivity index (χ4v) is 5.79. The van der Waals surface area contributed by atoms with Gasteiger partial charge in [0.2, 0.25) is 20.0 Å². The van der Waals surface area contributed by atoms with E-state index in [4.69, 9.17) is 0 Å². The van der Waals surface area contributed by atoms with Gasteiger partial charge in [0.05, 0.1) is 9.79 Å². The molecule has 128 valence electrons. The zero-order chi connectivity index (χ0) is 16.8. The van der Waals surface area contributed by atoms with E-state index in [0.717, 1.165) is 17.4 Å². The van der Waals surface area contributed by atoms with Crippen LogP contribution >= 0.6 is 0 Å². The van der Waals surface area contributed by atoms with Gasteiger partial charge < -0.3 is 5.32 Å². The normalized spacial score (nSPS) is 25.9. The summed E-state index contributed by atoms with van der Waals surface area (Å²) in [6.07, 6.45) is 0. The molecule has 0 radical (unpaired) electrons. The molecule has 23 heavy (non-hydrogen) atoms. The number of hydrogen-bond donors (Lipinski definition) is 1. The molecule has 0 aliphatic carbocycles. The number of rotatable bonds is 4. The molecule has 2 saturated heterocycles. The summed E-state index contributed by atoms with van der Waals surface area (Å²) in [5.41, 5.74) is 0. The molecule has 2 atom stereocenters. The van der Waals surface area contributed by atoms with E-state index in [0.29, 0.717) is 24.9 Å². The van der Waals surface area contributed by atoms with E-state index in [-0.39, 0.29) is 9.79 Å². The minimum atomic E-state index is -3.67. The van der Waals surface area contributed by atoms with E-state index < -0.39 is 20.0 Å². The van der Waals surface area contributed by atoms with Crippen LogP contribution in [0.3, 0.4) is 0 Å². The first-order valence-corrected chi connectivity index (χ1v) is 10.3. The van der Waals surface area contributed by atoms with Crippen LogP contribution in [0.1, 0.15) is 0 Å². The summed E-state index contributed by atoms with van der Waals surface area (Å²) in [5, 5.41) is 3.27. The zero-order valence-electron chi connectivity index (χ0n) is 13.1. The molecule has 2 aliphatic heterocycles. The van der Waals surface area contributed by atoms with Crippen LogP contribution in [0, 0.1) is 11.8 Å². The summed E-state index contributed by atoms with van der Waals surface area (Å²) >= 11 is 0. The van der Waals surface area contributed by atoms with Gasteiger partial charge in [-0.25, -0.2) is 21.1 Å². The Hall–Kier alpha value is -1.00. The first kappa shape index (κ1) is 16.8. The van der Waals surface area contributed by atoms with Crippen molar-refractivity contribution in [3.05, 3.63) is 24.3 Å². The van der Waals surface area contributed by atoms with Gasteiger partial charge in [-0.15, -0.1) is 0 Å². The van der Waals surface area contributed by atoms with Crippen LogP contribution < -0.4 is 5.32 Å². The largest absolute Gasteiger partial charge is 0.316 e. The van der Waals surface area contributed by atoms with Gasteiger partial charge in [-0.1, -0.05) is 6.07 Å². The third-order valence-corrected chi connectivity index (χ3v) is 8.22. The van der Waals surface area contributed by atoms with Crippen molar-refractivity contribution in [2.45, 2.75) is 9.79 Å². The van der Waals surface area contributed by atoms with E-state index in [1.807, 2.05) is 0 Å². The molecule has 2 fully saturated rings. The second-order valence-corrected chi connectivity index (χ2v) is 10.4. The molecule has 0 bridgehead atoms. The molecule has 0 amide bonds. The summed E-state index contributed by atoms with van der Waals surface area (Å²) in [4.78, 5) is 0.0259. The summed E-state index contributed by atoms with van der Waals surface area (Å²) in [7, 11) is -4.48. The van der Waals surface area contributed by atoms with Crippen LogP contribution in [-0.4, -0.2) is 65.7 Å². The quantitative estimate of drug-likeness (QED) is 0.803. The molecule has 2 heterocycles. The van der Waals surface area contributed by atoms with E-state index in [1.165, 1.54) is 42.7 Å². The maximum absolute atomic E-state index is 12.8. The molecule has 1 N–H and O–H groups in total. The Morgan fingerprint density at radius 3 is 2.17 bits per heavy atom. The van der Waals surface area contributed by atoms with Crippen LogP contribution in [0.5, 0.6) is 0 Å². The maximum atomic E-state index is 12.8. The lowest BCUT2D eigenvalue weighted by molar-refractivity contribution is 0.448. The van der Waals surface area contributed by atoms with Gasteiger partial charge in [-0.2, -0.15) is 4.31 Å². The molecule has 0 spiro atoms. The first-order valence-electron chi connectivity index (χ1n) is 7.46.